The summed E-state index contributed by atoms with van der Waals surface area (Å²) in [5.41, 5.74) is 11.9. The summed E-state index contributed by atoms with van der Waals surface area (Å²) in [6.07, 6.45) is 15.1. The van der Waals surface area contributed by atoms with Crippen molar-refractivity contribution in [3.05, 3.63) is 46.6 Å². The molecule has 0 bridgehead atoms. The number of hydrogen-bond acceptors (Lipinski definition) is 2. The molecule has 0 aliphatic carbocycles. The van der Waals surface area contributed by atoms with Gasteiger partial charge in [-0.3, -0.25) is 0 Å². The Morgan fingerprint density at radius 2 is 1.32 bits per heavy atom. The second-order valence-electron chi connectivity index (χ2n) is 9.26. The van der Waals surface area contributed by atoms with Crippen molar-refractivity contribution in [1.82, 2.24) is 0 Å². The van der Waals surface area contributed by atoms with Gasteiger partial charge in [-0.15, -0.1) is 0 Å². The molecular weight excluding hydrogens is 342 g/mol. The van der Waals surface area contributed by atoms with Crippen LogP contribution in [-0.2, 0) is 0 Å². The van der Waals surface area contributed by atoms with E-state index < -0.39 is 0 Å². The Kier molecular flexibility index (Phi) is 14.2. The Hall–Kier alpha value is -1.12. The Balaban J connectivity index is 4.32. The molecule has 0 aromatic carbocycles. The number of allylic oxidation sites excluding steroid dienone is 6. The SMILES string of the molecule is CC(C)=CCC/C(C)=C/C(N)C(C)CC/C(C)=C\CC/C(C)=C/C(O)C(C)C. The smallest absolute Gasteiger partial charge is 0.0746 e. The van der Waals surface area contributed by atoms with Crippen LogP contribution in [0.15, 0.2) is 46.6 Å². The van der Waals surface area contributed by atoms with Gasteiger partial charge in [-0.2, -0.15) is 0 Å². The highest BCUT2D eigenvalue weighted by Crippen LogP contribution is 2.18. The first kappa shape index (κ1) is 26.9. The van der Waals surface area contributed by atoms with Gasteiger partial charge in [-0.05, 0) is 85.0 Å². The molecule has 2 heteroatoms. The van der Waals surface area contributed by atoms with E-state index in [1.165, 1.54) is 22.3 Å². The number of aliphatic hydroxyl groups excluding tert-OH is 1. The minimum absolute atomic E-state index is 0.141. The van der Waals surface area contributed by atoms with Gasteiger partial charge in [0.15, 0.2) is 0 Å². The predicted molar refractivity (Wildman–Crippen MR) is 126 cm³/mol. The molecule has 28 heavy (non-hydrogen) atoms. The van der Waals surface area contributed by atoms with Crippen molar-refractivity contribution in [2.45, 2.75) is 106 Å². The fourth-order valence-electron chi connectivity index (χ4n) is 3.03. The third-order valence-corrected chi connectivity index (χ3v) is 5.39. The van der Waals surface area contributed by atoms with E-state index in [4.69, 9.17) is 5.73 Å². The molecule has 0 fully saturated rings. The van der Waals surface area contributed by atoms with Crippen LogP contribution in [-0.4, -0.2) is 17.3 Å². The fraction of sp³-hybridized carbons (Fsp3) is 0.692. The number of hydrogen-bond donors (Lipinski definition) is 2. The summed E-state index contributed by atoms with van der Waals surface area (Å²) in [7, 11) is 0. The molecule has 3 unspecified atom stereocenters. The Morgan fingerprint density at radius 3 is 1.86 bits per heavy atom. The number of aliphatic hydroxyl groups is 1. The zero-order chi connectivity index (χ0) is 21.7. The van der Waals surface area contributed by atoms with Crippen LogP contribution in [0.4, 0.5) is 0 Å². The standard InChI is InChI=1S/C26H47NO/c1-19(2)11-9-13-22(6)17-25(27)24(8)16-15-21(5)12-10-14-23(7)18-26(28)20(3)4/h11-12,17-18,20,24-26,28H,9-10,13-16,27H2,1-8H3/b21-12-,22-17+,23-18+. The van der Waals surface area contributed by atoms with E-state index in [9.17, 15) is 5.11 Å². The van der Waals surface area contributed by atoms with Crippen molar-refractivity contribution in [1.29, 1.82) is 0 Å². The monoisotopic (exact) mass is 389 g/mol. The number of nitrogens with two attached hydrogens (primary N) is 1. The van der Waals surface area contributed by atoms with Crippen molar-refractivity contribution in [2.75, 3.05) is 0 Å². The molecule has 0 saturated carbocycles. The lowest BCUT2D eigenvalue weighted by molar-refractivity contribution is 0.171. The van der Waals surface area contributed by atoms with E-state index in [1.54, 1.807) is 0 Å². The molecule has 0 rings (SSSR count). The van der Waals surface area contributed by atoms with Crippen molar-refractivity contribution in [2.24, 2.45) is 17.6 Å². The highest BCUT2D eigenvalue weighted by molar-refractivity contribution is 5.08. The normalized spacial score (nSPS) is 16.9. The summed E-state index contributed by atoms with van der Waals surface area (Å²) in [5, 5.41) is 9.93. The van der Waals surface area contributed by atoms with E-state index in [2.05, 4.69) is 59.8 Å². The third kappa shape index (κ3) is 14.0. The first-order valence-corrected chi connectivity index (χ1v) is 11.1. The van der Waals surface area contributed by atoms with Gasteiger partial charge in [-0.1, -0.05) is 67.4 Å². The zero-order valence-electron chi connectivity index (χ0n) is 19.9. The van der Waals surface area contributed by atoms with Crippen LogP contribution in [0.25, 0.3) is 0 Å². The molecule has 0 heterocycles. The number of rotatable bonds is 13. The highest BCUT2D eigenvalue weighted by Gasteiger charge is 2.11. The average molecular weight is 390 g/mol. The van der Waals surface area contributed by atoms with Gasteiger partial charge in [0.2, 0.25) is 0 Å². The molecule has 162 valence electrons. The van der Waals surface area contributed by atoms with E-state index in [0.29, 0.717) is 5.92 Å². The van der Waals surface area contributed by atoms with E-state index in [0.717, 1.165) is 38.5 Å². The molecule has 3 atom stereocenters. The van der Waals surface area contributed by atoms with Gasteiger partial charge in [0.1, 0.15) is 0 Å². The van der Waals surface area contributed by atoms with Crippen LogP contribution in [0.5, 0.6) is 0 Å². The molecule has 0 aromatic rings. The second-order valence-corrected chi connectivity index (χ2v) is 9.26. The Morgan fingerprint density at radius 1 is 0.786 bits per heavy atom. The summed E-state index contributed by atoms with van der Waals surface area (Å²) in [6.45, 7) is 17.2. The summed E-state index contributed by atoms with van der Waals surface area (Å²) >= 11 is 0. The van der Waals surface area contributed by atoms with E-state index in [1.807, 2.05) is 19.9 Å². The van der Waals surface area contributed by atoms with Crippen LogP contribution in [0.3, 0.4) is 0 Å². The lowest BCUT2D eigenvalue weighted by atomic mass is 9.92. The molecule has 0 spiro atoms. The maximum Gasteiger partial charge on any atom is 0.0746 e. The average Bonchev–Trinajstić information content (AvgIpc) is 2.58. The molecule has 0 amide bonds. The van der Waals surface area contributed by atoms with Crippen LogP contribution >= 0.6 is 0 Å². The van der Waals surface area contributed by atoms with Crippen molar-refractivity contribution in [3.8, 4) is 0 Å². The van der Waals surface area contributed by atoms with Gasteiger partial charge in [0, 0.05) is 6.04 Å². The molecule has 3 N–H and O–H groups in total. The largest absolute Gasteiger partial charge is 0.389 e. The van der Waals surface area contributed by atoms with Gasteiger partial charge in [0.05, 0.1) is 6.10 Å². The summed E-state index contributed by atoms with van der Waals surface area (Å²) in [4.78, 5) is 0. The van der Waals surface area contributed by atoms with Crippen LogP contribution in [0.1, 0.15) is 93.9 Å². The second kappa shape index (κ2) is 14.8. The first-order valence-electron chi connectivity index (χ1n) is 11.1. The molecule has 0 aliphatic heterocycles. The van der Waals surface area contributed by atoms with Gasteiger partial charge >= 0.3 is 0 Å². The van der Waals surface area contributed by atoms with Gasteiger partial charge in [-0.25, -0.2) is 0 Å². The molecule has 0 aliphatic rings. The predicted octanol–water partition coefficient (Wildman–Crippen LogP) is 7.11. The Bertz CT molecular complexity index is 547. The van der Waals surface area contributed by atoms with Crippen molar-refractivity contribution < 1.29 is 5.11 Å². The van der Waals surface area contributed by atoms with Crippen LogP contribution in [0.2, 0.25) is 0 Å². The lowest BCUT2D eigenvalue weighted by Gasteiger charge is -2.18. The van der Waals surface area contributed by atoms with E-state index in [-0.39, 0.29) is 18.1 Å². The van der Waals surface area contributed by atoms with E-state index >= 15 is 0 Å². The Labute approximate surface area is 175 Å². The molecule has 0 aromatic heterocycles. The third-order valence-electron chi connectivity index (χ3n) is 5.39. The highest BCUT2D eigenvalue weighted by atomic mass is 16.3. The van der Waals surface area contributed by atoms with Crippen molar-refractivity contribution in [3.63, 3.8) is 0 Å². The fourth-order valence-corrected chi connectivity index (χ4v) is 3.03. The molecule has 0 radical (unpaired) electrons. The maximum atomic E-state index is 9.93. The van der Waals surface area contributed by atoms with Gasteiger partial charge < -0.3 is 10.8 Å². The van der Waals surface area contributed by atoms with Crippen LogP contribution in [0, 0.1) is 11.8 Å². The summed E-state index contributed by atoms with van der Waals surface area (Å²) in [5.74, 6) is 0.771. The zero-order valence-corrected chi connectivity index (χ0v) is 19.9. The van der Waals surface area contributed by atoms with Crippen LogP contribution < -0.4 is 5.73 Å². The maximum absolute atomic E-state index is 9.93. The molecular formula is C26H47NO. The summed E-state index contributed by atoms with van der Waals surface area (Å²) in [6, 6.07) is 0.141. The molecule has 0 saturated heterocycles. The topological polar surface area (TPSA) is 46.2 Å². The minimum atomic E-state index is -0.328. The quantitative estimate of drug-likeness (QED) is 0.330. The van der Waals surface area contributed by atoms with Crippen molar-refractivity contribution >= 4 is 0 Å². The van der Waals surface area contributed by atoms with Gasteiger partial charge in [0.25, 0.3) is 0 Å². The minimum Gasteiger partial charge on any atom is -0.389 e. The first-order chi connectivity index (χ1) is 13.0. The summed E-state index contributed by atoms with van der Waals surface area (Å²) < 4.78 is 0. The molecule has 2 nitrogen and oxygen atoms in total. The lowest BCUT2D eigenvalue weighted by Crippen LogP contribution is -2.26.